The highest BCUT2D eigenvalue weighted by Gasteiger charge is 2.58. The molecule has 4 rings (SSSR count). The third-order valence-corrected chi connectivity index (χ3v) is 10.0. The van der Waals surface area contributed by atoms with Gasteiger partial charge >= 0.3 is 0 Å². The molecule has 8 atom stereocenters. The molecule has 0 saturated heterocycles. The number of ketones is 1. The molecule has 0 N–H and O–H groups in total. The Labute approximate surface area is 179 Å². The average molecular weight is 395 g/mol. The number of fused-ring (bicyclic) bond motifs is 5. The molecule has 0 aliphatic heterocycles. The summed E-state index contributed by atoms with van der Waals surface area (Å²) in [5, 5.41) is 0. The predicted molar refractivity (Wildman–Crippen MR) is 122 cm³/mol. The summed E-state index contributed by atoms with van der Waals surface area (Å²) >= 11 is 0. The van der Waals surface area contributed by atoms with Crippen LogP contribution in [-0.2, 0) is 4.79 Å². The highest BCUT2D eigenvalue weighted by atomic mass is 16.1. The molecular formula is C28H42O. The van der Waals surface area contributed by atoms with Gasteiger partial charge in [-0.2, -0.15) is 0 Å². The van der Waals surface area contributed by atoms with Crippen LogP contribution in [0.5, 0.6) is 0 Å². The van der Waals surface area contributed by atoms with Gasteiger partial charge in [0, 0.05) is 5.41 Å². The lowest BCUT2D eigenvalue weighted by Crippen LogP contribution is -2.50. The zero-order valence-corrected chi connectivity index (χ0v) is 19.6. The summed E-state index contributed by atoms with van der Waals surface area (Å²) in [7, 11) is 0. The second kappa shape index (κ2) is 7.54. The van der Waals surface area contributed by atoms with Gasteiger partial charge in [0.05, 0.1) is 0 Å². The van der Waals surface area contributed by atoms with Crippen LogP contribution < -0.4 is 0 Å². The number of hydrogen-bond donors (Lipinski definition) is 0. The fraction of sp³-hybridized carbons (Fsp3) is 0.750. The smallest absolute Gasteiger partial charge is 0.178 e. The van der Waals surface area contributed by atoms with Crippen LogP contribution in [0.3, 0.4) is 0 Å². The van der Waals surface area contributed by atoms with Crippen molar-refractivity contribution in [1.29, 1.82) is 0 Å². The van der Waals surface area contributed by atoms with E-state index in [1.165, 1.54) is 37.7 Å². The molecule has 4 aliphatic carbocycles. The Hall–Kier alpha value is -1.11. The van der Waals surface area contributed by atoms with Crippen molar-refractivity contribution >= 4 is 5.78 Å². The minimum Gasteiger partial charge on any atom is -0.290 e. The van der Waals surface area contributed by atoms with Crippen LogP contribution in [0.2, 0.25) is 0 Å². The van der Waals surface area contributed by atoms with Crippen LogP contribution in [0.4, 0.5) is 0 Å². The Balaban J connectivity index is 1.54. The fourth-order valence-corrected chi connectivity index (χ4v) is 7.81. The molecule has 160 valence electrons. The molecule has 0 amide bonds. The van der Waals surface area contributed by atoms with E-state index < -0.39 is 0 Å². The number of carbonyl (C=O) groups is 1. The van der Waals surface area contributed by atoms with Crippen molar-refractivity contribution in [3.8, 4) is 0 Å². The van der Waals surface area contributed by atoms with Gasteiger partial charge in [0.1, 0.15) is 0 Å². The first-order valence-corrected chi connectivity index (χ1v) is 12.3. The van der Waals surface area contributed by atoms with Crippen molar-refractivity contribution < 1.29 is 4.79 Å². The monoisotopic (exact) mass is 394 g/mol. The quantitative estimate of drug-likeness (QED) is 0.454. The van der Waals surface area contributed by atoms with Gasteiger partial charge in [-0.1, -0.05) is 65.3 Å². The van der Waals surface area contributed by atoms with Crippen LogP contribution in [0.1, 0.15) is 80.1 Å². The first kappa shape index (κ1) is 21.1. The maximum absolute atomic E-state index is 12.0. The lowest BCUT2D eigenvalue weighted by Gasteiger charge is -2.57. The van der Waals surface area contributed by atoms with E-state index in [0.717, 1.165) is 36.0 Å². The average Bonchev–Trinajstić information content (AvgIpc) is 3.03. The summed E-state index contributed by atoms with van der Waals surface area (Å²) in [6.45, 7) is 14.5. The first-order valence-electron chi connectivity index (χ1n) is 12.3. The number of rotatable bonds is 4. The molecule has 0 heterocycles. The Morgan fingerprint density at radius 3 is 2.48 bits per heavy atom. The van der Waals surface area contributed by atoms with Gasteiger partial charge in [-0.3, -0.25) is 4.79 Å². The highest BCUT2D eigenvalue weighted by Crippen LogP contribution is 2.66. The SMILES string of the molecule is CC(C)[C@@H](C)C=C[C@@H](C)[C@H]1CC[C@H]2[C@@H]3CCC4=CC(=O)C=C[C@]4(C)[C@H]3CC[C@]12C. The maximum atomic E-state index is 12.0. The second-order valence-corrected chi connectivity index (χ2v) is 11.7. The maximum Gasteiger partial charge on any atom is 0.178 e. The molecule has 3 fully saturated rings. The summed E-state index contributed by atoms with van der Waals surface area (Å²) in [5.41, 5.74) is 2.05. The van der Waals surface area contributed by atoms with Crippen molar-refractivity contribution in [1.82, 2.24) is 0 Å². The second-order valence-electron chi connectivity index (χ2n) is 11.7. The van der Waals surface area contributed by atoms with Crippen LogP contribution in [-0.4, -0.2) is 5.78 Å². The zero-order valence-electron chi connectivity index (χ0n) is 19.6. The van der Waals surface area contributed by atoms with Gasteiger partial charge in [-0.25, -0.2) is 0 Å². The largest absolute Gasteiger partial charge is 0.290 e. The lowest BCUT2D eigenvalue weighted by molar-refractivity contribution is -0.111. The van der Waals surface area contributed by atoms with Crippen molar-refractivity contribution in [3.63, 3.8) is 0 Å². The minimum atomic E-state index is 0.133. The van der Waals surface area contributed by atoms with Crippen molar-refractivity contribution in [2.45, 2.75) is 80.1 Å². The molecule has 0 aromatic carbocycles. The number of hydrogen-bond acceptors (Lipinski definition) is 1. The minimum absolute atomic E-state index is 0.133. The summed E-state index contributed by atoms with van der Waals surface area (Å²) in [6.07, 6.45) is 19.1. The predicted octanol–water partition coefficient (Wildman–Crippen LogP) is 7.39. The van der Waals surface area contributed by atoms with Crippen molar-refractivity contribution in [3.05, 3.63) is 36.0 Å². The summed E-state index contributed by atoms with van der Waals surface area (Å²) in [6, 6.07) is 0. The summed E-state index contributed by atoms with van der Waals surface area (Å²) in [4.78, 5) is 12.0. The van der Waals surface area contributed by atoms with E-state index in [1.54, 1.807) is 0 Å². The van der Waals surface area contributed by atoms with Crippen LogP contribution in [0, 0.1) is 52.3 Å². The van der Waals surface area contributed by atoms with Crippen molar-refractivity contribution in [2.24, 2.45) is 52.3 Å². The molecule has 0 radical (unpaired) electrons. The van der Waals surface area contributed by atoms with Gasteiger partial charge in [0.25, 0.3) is 0 Å². The molecule has 0 aromatic heterocycles. The third-order valence-electron chi connectivity index (χ3n) is 10.0. The number of carbonyl (C=O) groups excluding carboxylic acids is 1. The van der Waals surface area contributed by atoms with E-state index >= 15 is 0 Å². The van der Waals surface area contributed by atoms with Crippen molar-refractivity contribution in [2.75, 3.05) is 0 Å². The Bertz CT molecular complexity index is 739. The summed E-state index contributed by atoms with van der Waals surface area (Å²) in [5.74, 6) is 5.55. The van der Waals surface area contributed by atoms with E-state index in [9.17, 15) is 4.79 Å². The molecule has 0 aromatic rings. The third kappa shape index (κ3) is 3.41. The molecule has 0 spiro atoms. The van der Waals surface area contributed by atoms with Gasteiger partial charge in [0.2, 0.25) is 0 Å². The van der Waals surface area contributed by atoms with Crippen LogP contribution in [0.25, 0.3) is 0 Å². The fourth-order valence-electron chi connectivity index (χ4n) is 7.81. The van der Waals surface area contributed by atoms with Gasteiger partial charge in [-0.15, -0.1) is 0 Å². The van der Waals surface area contributed by atoms with E-state index in [1.807, 2.05) is 12.2 Å². The molecule has 29 heavy (non-hydrogen) atoms. The molecule has 1 heteroatoms. The lowest BCUT2D eigenvalue weighted by atomic mass is 9.47. The van der Waals surface area contributed by atoms with E-state index in [4.69, 9.17) is 0 Å². The molecule has 0 bridgehead atoms. The topological polar surface area (TPSA) is 17.1 Å². The normalized spacial score (nSPS) is 43.7. The number of allylic oxidation sites excluding steroid dienone is 6. The van der Waals surface area contributed by atoms with E-state index in [2.05, 4.69) is 59.8 Å². The Morgan fingerprint density at radius 1 is 1.00 bits per heavy atom. The first-order chi connectivity index (χ1) is 13.7. The van der Waals surface area contributed by atoms with Gasteiger partial charge in [-0.05, 0) is 97.5 Å². The molecular weight excluding hydrogens is 352 g/mol. The summed E-state index contributed by atoms with van der Waals surface area (Å²) < 4.78 is 0. The Morgan fingerprint density at radius 2 is 1.76 bits per heavy atom. The van der Waals surface area contributed by atoms with E-state index in [-0.39, 0.29) is 11.2 Å². The van der Waals surface area contributed by atoms with Crippen LogP contribution in [0.15, 0.2) is 36.0 Å². The van der Waals surface area contributed by atoms with Gasteiger partial charge < -0.3 is 0 Å². The molecule has 4 aliphatic rings. The zero-order chi connectivity index (χ0) is 21.0. The molecule has 1 nitrogen and oxygen atoms in total. The molecule has 3 saturated carbocycles. The molecule has 0 unspecified atom stereocenters. The highest BCUT2D eigenvalue weighted by molar-refractivity contribution is 6.01. The van der Waals surface area contributed by atoms with Crippen LogP contribution >= 0.6 is 0 Å². The van der Waals surface area contributed by atoms with E-state index in [0.29, 0.717) is 17.3 Å². The Kier molecular flexibility index (Phi) is 5.50. The standard InChI is InChI=1S/C28H42O/c1-18(2)19(3)7-8-20(4)24-11-12-25-23-10-9-21-17-22(29)13-15-27(21,5)26(23)14-16-28(24,25)6/h7-8,13,15,17-20,23-26H,9-12,14,16H2,1-6H3/t19-,20+,23-,24+,25-,26-,27-,28+/m0/s1. The van der Waals surface area contributed by atoms with Gasteiger partial charge in [0.15, 0.2) is 5.78 Å².